The normalized spacial score (nSPS) is 11.2. The predicted octanol–water partition coefficient (Wildman–Crippen LogP) is 4.41. The molecule has 0 fully saturated rings. The molecule has 0 bridgehead atoms. The van der Waals surface area contributed by atoms with Crippen LogP contribution in [0.15, 0.2) is 94.8 Å². The summed E-state index contributed by atoms with van der Waals surface area (Å²) in [5.74, 6) is 0. The number of rotatable bonds is 5. The quantitative estimate of drug-likeness (QED) is 0.393. The first-order valence-electron chi connectivity index (χ1n) is 10.6. The SMILES string of the molecule is Cc1ccc(-n2c(=O)n(Cc3ccccc3)c(=O)c3c2ncn3Cc2cccc(Cl)c2)cc1. The van der Waals surface area contributed by atoms with Gasteiger partial charge in [0.25, 0.3) is 5.56 Å². The first kappa shape index (κ1) is 21.0. The molecule has 3 aromatic carbocycles. The van der Waals surface area contributed by atoms with Gasteiger partial charge in [-0.25, -0.2) is 14.3 Å². The van der Waals surface area contributed by atoms with Gasteiger partial charge in [-0.2, -0.15) is 0 Å². The molecule has 33 heavy (non-hydrogen) atoms. The summed E-state index contributed by atoms with van der Waals surface area (Å²) in [7, 11) is 0. The molecule has 2 heterocycles. The maximum Gasteiger partial charge on any atom is 0.337 e. The zero-order chi connectivity index (χ0) is 22.9. The highest BCUT2D eigenvalue weighted by atomic mass is 35.5. The minimum absolute atomic E-state index is 0.169. The largest absolute Gasteiger partial charge is 0.337 e. The van der Waals surface area contributed by atoms with Crippen LogP contribution in [0, 0.1) is 6.92 Å². The smallest absolute Gasteiger partial charge is 0.320 e. The standard InChI is InChI=1S/C26H21ClN4O2/c1-18-10-12-22(13-11-18)31-24-23(29(17-28-24)15-20-8-5-9-21(27)14-20)25(32)30(26(31)33)16-19-6-3-2-4-7-19/h2-14,17H,15-16H2,1H3. The second kappa shape index (κ2) is 8.56. The Hall–Kier alpha value is -3.90. The average molecular weight is 457 g/mol. The molecule has 0 saturated heterocycles. The minimum Gasteiger partial charge on any atom is -0.320 e. The van der Waals surface area contributed by atoms with Crippen molar-refractivity contribution in [3.05, 3.63) is 128 Å². The molecule has 0 spiro atoms. The van der Waals surface area contributed by atoms with Crippen molar-refractivity contribution in [2.45, 2.75) is 20.0 Å². The maximum absolute atomic E-state index is 13.6. The van der Waals surface area contributed by atoms with E-state index in [1.165, 1.54) is 9.13 Å². The Morgan fingerprint density at radius 3 is 2.30 bits per heavy atom. The fourth-order valence-electron chi connectivity index (χ4n) is 3.96. The Morgan fingerprint density at radius 1 is 0.848 bits per heavy atom. The van der Waals surface area contributed by atoms with E-state index in [2.05, 4.69) is 4.98 Å². The Bertz CT molecular complexity index is 1560. The number of hydrogen-bond acceptors (Lipinski definition) is 3. The lowest BCUT2D eigenvalue weighted by atomic mass is 10.2. The van der Waals surface area contributed by atoms with Gasteiger partial charge in [0, 0.05) is 11.6 Å². The molecule has 2 aromatic heterocycles. The summed E-state index contributed by atoms with van der Waals surface area (Å²) in [5.41, 5.74) is 3.44. The summed E-state index contributed by atoms with van der Waals surface area (Å²) in [6, 6.07) is 24.5. The third-order valence-corrected chi connectivity index (χ3v) is 5.85. The van der Waals surface area contributed by atoms with Crippen LogP contribution in [0.25, 0.3) is 16.9 Å². The fourth-order valence-corrected chi connectivity index (χ4v) is 4.18. The molecule has 5 rings (SSSR count). The number of imidazole rings is 1. The summed E-state index contributed by atoms with van der Waals surface area (Å²) in [4.78, 5) is 31.6. The van der Waals surface area contributed by atoms with Crippen LogP contribution in [-0.2, 0) is 13.1 Å². The highest BCUT2D eigenvalue weighted by molar-refractivity contribution is 6.30. The van der Waals surface area contributed by atoms with E-state index >= 15 is 0 Å². The first-order valence-corrected chi connectivity index (χ1v) is 10.9. The van der Waals surface area contributed by atoms with Crippen molar-refractivity contribution < 1.29 is 0 Å². The van der Waals surface area contributed by atoms with Gasteiger partial charge in [-0.3, -0.25) is 9.36 Å². The second-order valence-corrected chi connectivity index (χ2v) is 8.44. The van der Waals surface area contributed by atoms with E-state index in [4.69, 9.17) is 11.6 Å². The molecular weight excluding hydrogens is 436 g/mol. The van der Waals surface area contributed by atoms with Gasteiger partial charge in [0.2, 0.25) is 0 Å². The molecule has 6 nitrogen and oxygen atoms in total. The van der Waals surface area contributed by atoms with Crippen LogP contribution >= 0.6 is 11.6 Å². The molecule has 164 valence electrons. The van der Waals surface area contributed by atoms with Crippen LogP contribution in [0.5, 0.6) is 0 Å². The number of hydrogen-bond donors (Lipinski definition) is 0. The van der Waals surface area contributed by atoms with Gasteiger partial charge in [0.05, 0.1) is 18.6 Å². The predicted molar refractivity (Wildman–Crippen MR) is 130 cm³/mol. The van der Waals surface area contributed by atoms with Crippen LogP contribution < -0.4 is 11.2 Å². The topological polar surface area (TPSA) is 61.8 Å². The monoisotopic (exact) mass is 456 g/mol. The number of halogens is 1. The Balaban J connectivity index is 1.76. The van der Waals surface area contributed by atoms with E-state index < -0.39 is 5.69 Å². The summed E-state index contributed by atoms with van der Waals surface area (Å²) >= 11 is 6.15. The van der Waals surface area contributed by atoms with E-state index in [0.717, 1.165) is 16.7 Å². The molecule has 5 aromatic rings. The number of aromatic nitrogens is 4. The molecule has 7 heteroatoms. The molecule has 0 amide bonds. The molecule has 0 aliphatic carbocycles. The lowest BCUT2D eigenvalue weighted by molar-refractivity contribution is 0.677. The van der Waals surface area contributed by atoms with Gasteiger partial charge in [-0.15, -0.1) is 0 Å². The summed E-state index contributed by atoms with van der Waals surface area (Å²) in [6.45, 7) is 2.56. The number of fused-ring (bicyclic) bond motifs is 1. The van der Waals surface area contributed by atoms with Gasteiger partial charge in [0.1, 0.15) is 0 Å². The van der Waals surface area contributed by atoms with Crippen molar-refractivity contribution >= 4 is 22.8 Å². The molecular formula is C26H21ClN4O2. The van der Waals surface area contributed by atoms with E-state index in [9.17, 15) is 9.59 Å². The summed E-state index contributed by atoms with van der Waals surface area (Å²) < 4.78 is 4.55. The van der Waals surface area contributed by atoms with Gasteiger partial charge in [-0.05, 0) is 42.3 Å². The number of benzene rings is 3. The van der Waals surface area contributed by atoms with E-state index in [1.54, 1.807) is 17.0 Å². The summed E-state index contributed by atoms with van der Waals surface area (Å²) in [6.07, 6.45) is 1.60. The molecule has 0 atom stereocenters. The number of nitrogens with zero attached hydrogens (tertiary/aromatic N) is 4. The van der Waals surface area contributed by atoms with Crippen LogP contribution in [0.2, 0.25) is 5.02 Å². The van der Waals surface area contributed by atoms with E-state index in [1.807, 2.05) is 79.7 Å². The van der Waals surface area contributed by atoms with Crippen molar-refractivity contribution in [3.63, 3.8) is 0 Å². The molecule has 0 unspecified atom stereocenters. The highest BCUT2D eigenvalue weighted by Crippen LogP contribution is 2.17. The zero-order valence-corrected chi connectivity index (χ0v) is 18.7. The van der Waals surface area contributed by atoms with Gasteiger partial charge in [-0.1, -0.05) is 71.8 Å². The van der Waals surface area contributed by atoms with Gasteiger partial charge >= 0.3 is 5.69 Å². The Kier molecular flexibility index (Phi) is 5.44. The molecule has 0 aliphatic rings. The Morgan fingerprint density at radius 2 is 1.58 bits per heavy atom. The average Bonchev–Trinajstić information content (AvgIpc) is 3.22. The number of aryl methyl sites for hydroxylation is 1. The zero-order valence-electron chi connectivity index (χ0n) is 18.0. The van der Waals surface area contributed by atoms with E-state index in [-0.39, 0.29) is 12.1 Å². The lowest BCUT2D eigenvalue weighted by Crippen LogP contribution is -2.40. The summed E-state index contributed by atoms with van der Waals surface area (Å²) in [5, 5.41) is 0.620. The van der Waals surface area contributed by atoms with Crippen molar-refractivity contribution in [2.75, 3.05) is 0 Å². The fraction of sp³-hybridized carbons (Fsp3) is 0.115. The van der Waals surface area contributed by atoms with Crippen molar-refractivity contribution in [1.29, 1.82) is 0 Å². The minimum atomic E-state index is -0.423. The van der Waals surface area contributed by atoms with Crippen LogP contribution in [-0.4, -0.2) is 18.7 Å². The third-order valence-electron chi connectivity index (χ3n) is 5.62. The van der Waals surface area contributed by atoms with Crippen molar-refractivity contribution in [3.8, 4) is 5.69 Å². The Labute approximate surface area is 195 Å². The second-order valence-electron chi connectivity index (χ2n) is 8.01. The van der Waals surface area contributed by atoms with Crippen LogP contribution in [0.1, 0.15) is 16.7 Å². The molecule has 0 saturated carbocycles. The van der Waals surface area contributed by atoms with Gasteiger partial charge in [0.15, 0.2) is 11.2 Å². The first-order chi connectivity index (χ1) is 16.0. The van der Waals surface area contributed by atoms with Crippen molar-refractivity contribution in [2.24, 2.45) is 0 Å². The van der Waals surface area contributed by atoms with Crippen LogP contribution in [0.3, 0.4) is 0 Å². The van der Waals surface area contributed by atoms with Gasteiger partial charge < -0.3 is 4.57 Å². The maximum atomic E-state index is 13.6. The third kappa shape index (κ3) is 4.01. The molecule has 0 radical (unpaired) electrons. The molecule has 0 N–H and O–H groups in total. The van der Waals surface area contributed by atoms with E-state index in [0.29, 0.717) is 28.4 Å². The lowest BCUT2D eigenvalue weighted by Gasteiger charge is -2.13. The van der Waals surface area contributed by atoms with Crippen molar-refractivity contribution in [1.82, 2.24) is 18.7 Å². The molecule has 0 aliphatic heterocycles. The highest BCUT2D eigenvalue weighted by Gasteiger charge is 2.19. The van der Waals surface area contributed by atoms with Crippen LogP contribution in [0.4, 0.5) is 0 Å².